The SMILES string of the molecule is CC1COc2ccc(N3CCCC3)cc2N1. The lowest BCUT2D eigenvalue weighted by molar-refractivity contribution is 0.292. The highest BCUT2D eigenvalue weighted by Crippen LogP contribution is 2.33. The fourth-order valence-corrected chi connectivity index (χ4v) is 2.45. The Balaban J connectivity index is 1.88. The van der Waals surface area contributed by atoms with Gasteiger partial charge in [-0.25, -0.2) is 0 Å². The molecule has 0 aromatic heterocycles. The minimum absolute atomic E-state index is 0.404. The predicted molar refractivity (Wildman–Crippen MR) is 66.5 cm³/mol. The molecule has 2 aliphatic heterocycles. The van der Waals surface area contributed by atoms with Gasteiger partial charge in [-0.05, 0) is 38.0 Å². The van der Waals surface area contributed by atoms with Gasteiger partial charge in [-0.3, -0.25) is 0 Å². The fraction of sp³-hybridized carbons (Fsp3) is 0.538. The number of ether oxygens (including phenoxy) is 1. The van der Waals surface area contributed by atoms with E-state index in [-0.39, 0.29) is 0 Å². The smallest absolute Gasteiger partial charge is 0.142 e. The number of hydrogen-bond acceptors (Lipinski definition) is 3. The van der Waals surface area contributed by atoms with Crippen molar-refractivity contribution in [2.75, 3.05) is 29.9 Å². The minimum atomic E-state index is 0.404. The van der Waals surface area contributed by atoms with Crippen molar-refractivity contribution in [3.63, 3.8) is 0 Å². The molecule has 0 amide bonds. The number of benzene rings is 1. The summed E-state index contributed by atoms with van der Waals surface area (Å²) in [6.45, 7) is 5.28. The van der Waals surface area contributed by atoms with E-state index in [0.29, 0.717) is 6.04 Å². The summed E-state index contributed by atoms with van der Waals surface area (Å²) < 4.78 is 5.67. The summed E-state index contributed by atoms with van der Waals surface area (Å²) in [5.41, 5.74) is 2.46. The van der Waals surface area contributed by atoms with Crippen LogP contribution in [0.4, 0.5) is 11.4 Å². The number of nitrogens with one attached hydrogen (secondary N) is 1. The van der Waals surface area contributed by atoms with Crippen LogP contribution in [0.2, 0.25) is 0 Å². The van der Waals surface area contributed by atoms with E-state index >= 15 is 0 Å². The third-order valence-electron chi connectivity index (χ3n) is 3.33. The molecule has 2 aliphatic rings. The van der Waals surface area contributed by atoms with Crippen molar-refractivity contribution >= 4 is 11.4 Å². The summed E-state index contributed by atoms with van der Waals surface area (Å²) >= 11 is 0. The van der Waals surface area contributed by atoms with E-state index in [1.54, 1.807) is 0 Å². The summed E-state index contributed by atoms with van der Waals surface area (Å²) in [7, 11) is 0. The van der Waals surface area contributed by atoms with E-state index < -0.39 is 0 Å². The van der Waals surface area contributed by atoms with Crippen molar-refractivity contribution in [2.24, 2.45) is 0 Å². The first-order valence-electron chi connectivity index (χ1n) is 6.11. The molecule has 3 nitrogen and oxygen atoms in total. The molecule has 1 aromatic rings. The molecule has 16 heavy (non-hydrogen) atoms. The molecule has 0 saturated carbocycles. The molecule has 3 heteroatoms. The average molecular weight is 218 g/mol. The monoisotopic (exact) mass is 218 g/mol. The van der Waals surface area contributed by atoms with Crippen molar-refractivity contribution < 1.29 is 4.74 Å². The lowest BCUT2D eigenvalue weighted by Crippen LogP contribution is -2.28. The first-order chi connectivity index (χ1) is 7.83. The minimum Gasteiger partial charge on any atom is -0.489 e. The second-order valence-electron chi connectivity index (χ2n) is 4.73. The zero-order valence-electron chi connectivity index (χ0n) is 9.70. The van der Waals surface area contributed by atoms with Crippen LogP contribution in [0.25, 0.3) is 0 Å². The second-order valence-corrected chi connectivity index (χ2v) is 4.73. The number of anilines is 2. The van der Waals surface area contributed by atoms with E-state index in [0.717, 1.165) is 18.0 Å². The first-order valence-corrected chi connectivity index (χ1v) is 6.11. The van der Waals surface area contributed by atoms with Crippen LogP contribution in [0.15, 0.2) is 18.2 Å². The normalized spacial score (nSPS) is 23.6. The predicted octanol–water partition coefficient (Wildman–Crippen LogP) is 2.48. The lowest BCUT2D eigenvalue weighted by atomic mass is 10.2. The Morgan fingerprint density at radius 2 is 2.12 bits per heavy atom. The maximum atomic E-state index is 5.67. The molecule has 1 unspecified atom stereocenters. The van der Waals surface area contributed by atoms with Gasteiger partial charge in [0, 0.05) is 18.8 Å². The first kappa shape index (κ1) is 9.82. The molecule has 86 valence electrons. The van der Waals surface area contributed by atoms with E-state index in [1.165, 1.54) is 31.6 Å². The molecule has 3 rings (SSSR count). The molecule has 1 fully saturated rings. The van der Waals surface area contributed by atoms with Crippen LogP contribution in [-0.2, 0) is 0 Å². The van der Waals surface area contributed by atoms with Crippen molar-refractivity contribution in [1.29, 1.82) is 0 Å². The molecular formula is C13H18N2O. The molecular weight excluding hydrogens is 200 g/mol. The zero-order chi connectivity index (χ0) is 11.0. The number of nitrogens with zero attached hydrogens (tertiary/aromatic N) is 1. The van der Waals surface area contributed by atoms with Crippen molar-refractivity contribution in [2.45, 2.75) is 25.8 Å². The fourth-order valence-electron chi connectivity index (χ4n) is 2.45. The third-order valence-corrected chi connectivity index (χ3v) is 3.33. The molecule has 1 saturated heterocycles. The molecule has 1 atom stereocenters. The van der Waals surface area contributed by atoms with Crippen LogP contribution in [0.1, 0.15) is 19.8 Å². The largest absolute Gasteiger partial charge is 0.489 e. The summed E-state index contributed by atoms with van der Waals surface area (Å²) in [5, 5.41) is 3.47. The molecule has 0 radical (unpaired) electrons. The van der Waals surface area contributed by atoms with E-state index in [2.05, 4.69) is 35.3 Å². The highest BCUT2D eigenvalue weighted by atomic mass is 16.5. The van der Waals surface area contributed by atoms with Crippen LogP contribution in [0.3, 0.4) is 0 Å². The highest BCUT2D eigenvalue weighted by Gasteiger charge is 2.18. The second kappa shape index (κ2) is 3.89. The maximum Gasteiger partial charge on any atom is 0.142 e. The van der Waals surface area contributed by atoms with E-state index in [4.69, 9.17) is 4.74 Å². The van der Waals surface area contributed by atoms with E-state index in [9.17, 15) is 0 Å². The van der Waals surface area contributed by atoms with Crippen molar-refractivity contribution in [3.05, 3.63) is 18.2 Å². The Morgan fingerprint density at radius 3 is 2.94 bits per heavy atom. The Bertz CT molecular complexity index is 386. The van der Waals surface area contributed by atoms with E-state index in [1.807, 2.05) is 0 Å². The molecule has 0 aliphatic carbocycles. The van der Waals surface area contributed by atoms with Gasteiger partial charge < -0.3 is 15.0 Å². The van der Waals surface area contributed by atoms with Crippen LogP contribution in [-0.4, -0.2) is 25.7 Å². The summed E-state index contributed by atoms with van der Waals surface area (Å²) in [6, 6.07) is 6.88. The Hall–Kier alpha value is -1.38. The van der Waals surface area contributed by atoms with Gasteiger partial charge >= 0.3 is 0 Å². The topological polar surface area (TPSA) is 24.5 Å². The maximum absolute atomic E-state index is 5.67. The summed E-state index contributed by atoms with van der Waals surface area (Å²) in [6.07, 6.45) is 2.63. The third kappa shape index (κ3) is 1.70. The van der Waals surface area contributed by atoms with Gasteiger partial charge in [0.15, 0.2) is 0 Å². The highest BCUT2D eigenvalue weighted by molar-refractivity contribution is 5.67. The van der Waals surface area contributed by atoms with Crippen molar-refractivity contribution in [3.8, 4) is 5.75 Å². The number of rotatable bonds is 1. The lowest BCUT2D eigenvalue weighted by Gasteiger charge is -2.27. The van der Waals surface area contributed by atoms with Crippen LogP contribution in [0, 0.1) is 0 Å². The number of fused-ring (bicyclic) bond motifs is 1. The van der Waals surface area contributed by atoms with Crippen LogP contribution in [0.5, 0.6) is 5.75 Å². The Morgan fingerprint density at radius 1 is 1.31 bits per heavy atom. The molecule has 1 N–H and O–H groups in total. The van der Waals surface area contributed by atoms with Crippen LogP contribution >= 0.6 is 0 Å². The van der Waals surface area contributed by atoms with Crippen LogP contribution < -0.4 is 15.0 Å². The average Bonchev–Trinajstić information content (AvgIpc) is 2.81. The number of hydrogen-bond donors (Lipinski definition) is 1. The van der Waals surface area contributed by atoms with Gasteiger partial charge in [-0.15, -0.1) is 0 Å². The van der Waals surface area contributed by atoms with Gasteiger partial charge in [0.05, 0.1) is 11.7 Å². The Kier molecular flexibility index (Phi) is 2.39. The summed E-state index contributed by atoms with van der Waals surface area (Å²) in [5.74, 6) is 0.987. The quantitative estimate of drug-likeness (QED) is 0.783. The standard InChI is InChI=1S/C13H18N2O/c1-10-9-16-13-5-4-11(8-12(13)14-10)15-6-2-3-7-15/h4-5,8,10,14H,2-3,6-7,9H2,1H3. The van der Waals surface area contributed by atoms with Gasteiger partial charge in [-0.2, -0.15) is 0 Å². The molecule has 2 heterocycles. The Labute approximate surface area is 96.4 Å². The van der Waals surface area contributed by atoms with Gasteiger partial charge in [0.2, 0.25) is 0 Å². The van der Waals surface area contributed by atoms with Gasteiger partial charge in [-0.1, -0.05) is 0 Å². The van der Waals surface area contributed by atoms with Crippen molar-refractivity contribution in [1.82, 2.24) is 0 Å². The van der Waals surface area contributed by atoms with Gasteiger partial charge in [0.1, 0.15) is 12.4 Å². The zero-order valence-corrected chi connectivity index (χ0v) is 9.70. The molecule has 0 bridgehead atoms. The summed E-state index contributed by atoms with van der Waals surface area (Å²) in [4.78, 5) is 2.45. The molecule has 1 aromatic carbocycles. The van der Waals surface area contributed by atoms with Gasteiger partial charge in [0.25, 0.3) is 0 Å². The molecule has 0 spiro atoms.